The number of benzene rings is 1. The molecule has 0 bridgehead atoms. The first-order chi connectivity index (χ1) is 12.2. The SMILES string of the molecule is CCOc1ccc(OC(=O)CSc2nnc(-c3ccco3)n2C)cc1. The molecular weight excluding hydrogens is 342 g/mol. The smallest absolute Gasteiger partial charge is 0.321 e. The molecule has 7 nitrogen and oxygen atoms in total. The van der Waals surface area contributed by atoms with E-state index in [0.717, 1.165) is 5.75 Å². The van der Waals surface area contributed by atoms with Crippen LogP contribution in [0.3, 0.4) is 0 Å². The number of ether oxygens (including phenoxy) is 2. The van der Waals surface area contributed by atoms with E-state index in [9.17, 15) is 4.79 Å². The molecule has 0 aliphatic carbocycles. The van der Waals surface area contributed by atoms with Crippen molar-refractivity contribution in [2.24, 2.45) is 7.05 Å². The molecule has 0 atom stereocenters. The summed E-state index contributed by atoms with van der Waals surface area (Å²) in [6, 6.07) is 10.5. The molecule has 0 unspecified atom stereocenters. The van der Waals surface area contributed by atoms with Crippen molar-refractivity contribution in [3.05, 3.63) is 42.7 Å². The van der Waals surface area contributed by atoms with Crippen molar-refractivity contribution in [1.82, 2.24) is 14.8 Å². The van der Waals surface area contributed by atoms with Gasteiger partial charge in [-0.1, -0.05) is 11.8 Å². The van der Waals surface area contributed by atoms with Gasteiger partial charge in [0.1, 0.15) is 11.5 Å². The maximum atomic E-state index is 12.0. The molecule has 2 aromatic heterocycles. The molecule has 25 heavy (non-hydrogen) atoms. The predicted octanol–water partition coefficient (Wildman–Crippen LogP) is 3.17. The molecular formula is C17H17N3O4S. The summed E-state index contributed by atoms with van der Waals surface area (Å²) in [6.45, 7) is 2.50. The van der Waals surface area contributed by atoms with E-state index >= 15 is 0 Å². The summed E-state index contributed by atoms with van der Waals surface area (Å²) in [7, 11) is 1.82. The Kier molecular flexibility index (Phi) is 5.39. The van der Waals surface area contributed by atoms with Crippen LogP contribution in [0.2, 0.25) is 0 Å². The van der Waals surface area contributed by atoms with Crippen LogP contribution in [-0.4, -0.2) is 33.1 Å². The van der Waals surface area contributed by atoms with Gasteiger partial charge in [-0.15, -0.1) is 10.2 Å². The third kappa shape index (κ3) is 4.21. The van der Waals surface area contributed by atoms with Crippen LogP contribution in [0.4, 0.5) is 0 Å². The highest BCUT2D eigenvalue weighted by molar-refractivity contribution is 7.99. The number of carbonyl (C=O) groups is 1. The van der Waals surface area contributed by atoms with Crippen molar-refractivity contribution in [2.75, 3.05) is 12.4 Å². The van der Waals surface area contributed by atoms with E-state index in [4.69, 9.17) is 13.9 Å². The quantitative estimate of drug-likeness (QED) is 0.364. The summed E-state index contributed by atoms with van der Waals surface area (Å²) in [6.07, 6.45) is 1.57. The predicted molar refractivity (Wildman–Crippen MR) is 92.7 cm³/mol. The number of thioether (sulfide) groups is 1. The Morgan fingerprint density at radius 3 is 2.64 bits per heavy atom. The molecule has 2 heterocycles. The van der Waals surface area contributed by atoms with Gasteiger partial charge in [0.05, 0.1) is 18.6 Å². The van der Waals surface area contributed by atoms with E-state index in [1.165, 1.54) is 11.8 Å². The lowest BCUT2D eigenvalue weighted by molar-refractivity contribution is -0.131. The lowest BCUT2D eigenvalue weighted by Crippen LogP contribution is -2.11. The fourth-order valence-corrected chi connectivity index (χ4v) is 2.80. The van der Waals surface area contributed by atoms with Crippen molar-refractivity contribution in [1.29, 1.82) is 0 Å². The van der Waals surface area contributed by atoms with Crippen molar-refractivity contribution < 1.29 is 18.7 Å². The normalized spacial score (nSPS) is 10.6. The Morgan fingerprint density at radius 2 is 1.96 bits per heavy atom. The first kappa shape index (κ1) is 17.1. The standard InChI is InChI=1S/C17H17N3O4S/c1-3-22-12-6-8-13(9-7-12)24-15(21)11-25-17-19-18-16(20(17)2)14-5-4-10-23-14/h4-10H,3,11H2,1-2H3. The highest BCUT2D eigenvalue weighted by Crippen LogP contribution is 2.23. The van der Waals surface area contributed by atoms with E-state index in [1.807, 2.05) is 14.0 Å². The van der Waals surface area contributed by atoms with Crippen LogP contribution in [0.1, 0.15) is 6.92 Å². The van der Waals surface area contributed by atoms with E-state index in [2.05, 4.69) is 10.2 Å². The van der Waals surface area contributed by atoms with Gasteiger partial charge in [-0.05, 0) is 43.3 Å². The van der Waals surface area contributed by atoms with E-state index in [1.54, 1.807) is 47.2 Å². The maximum absolute atomic E-state index is 12.0. The van der Waals surface area contributed by atoms with Gasteiger partial charge in [-0.25, -0.2) is 0 Å². The minimum absolute atomic E-state index is 0.122. The van der Waals surface area contributed by atoms with Crippen LogP contribution in [-0.2, 0) is 11.8 Å². The van der Waals surface area contributed by atoms with Crippen LogP contribution in [0.25, 0.3) is 11.6 Å². The Balaban J connectivity index is 1.56. The van der Waals surface area contributed by atoms with Crippen molar-refractivity contribution >= 4 is 17.7 Å². The first-order valence-corrected chi connectivity index (χ1v) is 8.65. The molecule has 0 N–H and O–H groups in total. The number of furan rings is 1. The Labute approximate surface area is 149 Å². The molecule has 130 valence electrons. The lowest BCUT2D eigenvalue weighted by Gasteiger charge is -2.06. The Bertz CT molecular complexity index is 828. The number of esters is 1. The van der Waals surface area contributed by atoms with Gasteiger partial charge in [-0.3, -0.25) is 4.79 Å². The minimum atomic E-state index is -0.364. The van der Waals surface area contributed by atoms with Gasteiger partial charge < -0.3 is 18.5 Å². The summed E-state index contributed by atoms with van der Waals surface area (Å²) in [5.41, 5.74) is 0. The van der Waals surface area contributed by atoms with E-state index in [-0.39, 0.29) is 11.7 Å². The summed E-state index contributed by atoms with van der Waals surface area (Å²) in [5, 5.41) is 8.76. The van der Waals surface area contributed by atoms with Gasteiger partial charge in [0.15, 0.2) is 16.7 Å². The molecule has 0 aliphatic rings. The summed E-state index contributed by atoms with van der Waals surface area (Å²) in [4.78, 5) is 12.0. The first-order valence-electron chi connectivity index (χ1n) is 7.67. The summed E-state index contributed by atoms with van der Waals surface area (Å²) < 4.78 is 17.7. The van der Waals surface area contributed by atoms with Crippen LogP contribution >= 0.6 is 11.8 Å². The third-order valence-corrected chi connectivity index (χ3v) is 4.26. The lowest BCUT2D eigenvalue weighted by atomic mass is 10.3. The number of carbonyl (C=O) groups excluding carboxylic acids is 1. The van der Waals surface area contributed by atoms with Gasteiger partial charge in [0, 0.05) is 7.05 Å². The van der Waals surface area contributed by atoms with E-state index in [0.29, 0.717) is 29.1 Å². The zero-order valence-corrected chi connectivity index (χ0v) is 14.7. The number of hydrogen-bond acceptors (Lipinski definition) is 7. The number of hydrogen-bond donors (Lipinski definition) is 0. The number of nitrogens with zero attached hydrogens (tertiary/aromatic N) is 3. The number of aromatic nitrogens is 3. The highest BCUT2D eigenvalue weighted by atomic mass is 32.2. The summed E-state index contributed by atoms with van der Waals surface area (Å²) in [5.74, 6) is 2.20. The average molecular weight is 359 g/mol. The Morgan fingerprint density at radius 1 is 1.20 bits per heavy atom. The minimum Gasteiger partial charge on any atom is -0.494 e. The summed E-state index contributed by atoms with van der Waals surface area (Å²) >= 11 is 1.25. The maximum Gasteiger partial charge on any atom is 0.321 e. The van der Waals surface area contributed by atoms with Gasteiger partial charge in [0.25, 0.3) is 0 Å². The monoisotopic (exact) mass is 359 g/mol. The number of rotatable bonds is 7. The zero-order chi connectivity index (χ0) is 17.6. The molecule has 0 saturated carbocycles. The van der Waals surface area contributed by atoms with Gasteiger partial charge in [0.2, 0.25) is 0 Å². The second-order valence-corrected chi connectivity index (χ2v) is 5.95. The molecule has 0 saturated heterocycles. The second-order valence-electron chi connectivity index (χ2n) is 5.01. The zero-order valence-electron chi connectivity index (χ0n) is 13.8. The van der Waals surface area contributed by atoms with Crippen molar-refractivity contribution in [3.8, 4) is 23.1 Å². The molecule has 8 heteroatoms. The highest BCUT2D eigenvalue weighted by Gasteiger charge is 2.15. The largest absolute Gasteiger partial charge is 0.494 e. The topological polar surface area (TPSA) is 79.4 Å². The van der Waals surface area contributed by atoms with E-state index < -0.39 is 0 Å². The second kappa shape index (κ2) is 7.89. The van der Waals surface area contributed by atoms with Crippen molar-refractivity contribution in [3.63, 3.8) is 0 Å². The Hall–Kier alpha value is -2.74. The average Bonchev–Trinajstić information content (AvgIpc) is 3.25. The molecule has 3 rings (SSSR count). The van der Waals surface area contributed by atoms with Gasteiger partial charge in [-0.2, -0.15) is 0 Å². The van der Waals surface area contributed by atoms with Crippen LogP contribution in [0.5, 0.6) is 11.5 Å². The fourth-order valence-electron chi connectivity index (χ4n) is 2.12. The third-order valence-electron chi connectivity index (χ3n) is 3.26. The molecule has 0 amide bonds. The molecule has 1 aromatic carbocycles. The molecule has 3 aromatic rings. The molecule has 0 fully saturated rings. The molecule has 0 spiro atoms. The van der Waals surface area contributed by atoms with Crippen LogP contribution < -0.4 is 9.47 Å². The van der Waals surface area contributed by atoms with Crippen molar-refractivity contribution in [2.45, 2.75) is 12.1 Å². The molecule has 0 radical (unpaired) electrons. The van der Waals surface area contributed by atoms with Crippen LogP contribution in [0.15, 0.2) is 52.2 Å². The molecule has 0 aliphatic heterocycles. The fraction of sp³-hybridized carbons (Fsp3) is 0.235. The van der Waals surface area contributed by atoms with Gasteiger partial charge >= 0.3 is 5.97 Å². The van der Waals surface area contributed by atoms with Crippen LogP contribution in [0, 0.1) is 0 Å².